The summed E-state index contributed by atoms with van der Waals surface area (Å²) < 4.78 is 18.7. The number of aromatic amines is 1. The van der Waals surface area contributed by atoms with Gasteiger partial charge < -0.3 is 19.7 Å². The van der Waals surface area contributed by atoms with E-state index >= 15 is 0 Å². The average molecular weight is 355 g/mol. The Labute approximate surface area is 149 Å². The first-order valence-electron chi connectivity index (χ1n) is 8.35. The Balaban J connectivity index is 1.35. The van der Waals surface area contributed by atoms with Crippen molar-refractivity contribution in [2.24, 2.45) is 0 Å². The van der Waals surface area contributed by atoms with Crippen molar-refractivity contribution in [2.75, 3.05) is 13.2 Å². The maximum atomic E-state index is 13.2. The minimum absolute atomic E-state index is 0.111. The van der Waals surface area contributed by atoms with Crippen LogP contribution in [-0.4, -0.2) is 39.0 Å². The van der Waals surface area contributed by atoms with Gasteiger partial charge in [0.25, 0.3) is 0 Å². The molecule has 0 unspecified atom stereocenters. The summed E-state index contributed by atoms with van der Waals surface area (Å²) in [4.78, 5) is 21.2. The molecule has 1 aliphatic heterocycles. The number of benzene rings is 2. The maximum Gasteiger partial charge on any atom is 0.248 e. The molecule has 4 rings (SSSR count). The summed E-state index contributed by atoms with van der Waals surface area (Å²) in [7, 11) is 0. The average Bonchev–Trinajstić information content (AvgIpc) is 3.03. The lowest BCUT2D eigenvalue weighted by Crippen LogP contribution is -2.40. The number of carbonyl (C=O) groups excluding carboxylic acids is 1. The number of fused-ring (bicyclic) bond motifs is 2. The van der Waals surface area contributed by atoms with Gasteiger partial charge in [0.2, 0.25) is 5.91 Å². The summed E-state index contributed by atoms with van der Waals surface area (Å²) in [5.41, 5.74) is 3.05. The van der Waals surface area contributed by atoms with Gasteiger partial charge >= 0.3 is 0 Å². The van der Waals surface area contributed by atoms with Crippen LogP contribution in [0.2, 0.25) is 0 Å². The van der Waals surface area contributed by atoms with Crippen molar-refractivity contribution in [1.29, 1.82) is 0 Å². The first-order valence-corrected chi connectivity index (χ1v) is 8.35. The van der Waals surface area contributed by atoms with Crippen molar-refractivity contribution >= 4 is 16.9 Å². The summed E-state index contributed by atoms with van der Waals surface area (Å²) in [6.07, 6.45) is -0.686. The molecule has 1 aliphatic rings. The van der Waals surface area contributed by atoms with Gasteiger partial charge in [0.05, 0.1) is 23.7 Å². The van der Waals surface area contributed by atoms with Crippen LogP contribution in [0.5, 0.6) is 0 Å². The summed E-state index contributed by atoms with van der Waals surface area (Å²) in [5, 5.41) is 10.2. The Morgan fingerprint density at radius 3 is 3.08 bits per heavy atom. The molecule has 26 heavy (non-hydrogen) atoms. The fraction of sp³-hybridized carbons (Fsp3) is 0.263. The summed E-state index contributed by atoms with van der Waals surface area (Å²) >= 11 is 0. The van der Waals surface area contributed by atoms with Crippen molar-refractivity contribution < 1.29 is 19.0 Å². The predicted molar refractivity (Wildman–Crippen MR) is 92.5 cm³/mol. The summed E-state index contributed by atoms with van der Waals surface area (Å²) in [6.45, 7) is 0.720. The van der Waals surface area contributed by atoms with Gasteiger partial charge in [0.1, 0.15) is 24.9 Å². The third-order valence-electron chi connectivity index (χ3n) is 4.48. The van der Waals surface area contributed by atoms with Crippen LogP contribution in [-0.2, 0) is 22.7 Å². The van der Waals surface area contributed by atoms with Crippen molar-refractivity contribution in [3.8, 4) is 0 Å². The number of carbonyl (C=O) groups is 1. The van der Waals surface area contributed by atoms with Gasteiger partial charge in [0, 0.05) is 6.54 Å². The molecule has 0 radical (unpaired) electrons. The van der Waals surface area contributed by atoms with Gasteiger partial charge in [-0.1, -0.05) is 24.3 Å². The van der Waals surface area contributed by atoms with Gasteiger partial charge in [-0.3, -0.25) is 4.79 Å². The number of aliphatic hydroxyl groups is 1. The highest BCUT2D eigenvalue weighted by molar-refractivity contribution is 5.78. The highest BCUT2D eigenvalue weighted by atomic mass is 19.1. The smallest absolute Gasteiger partial charge is 0.248 e. The zero-order valence-electron chi connectivity index (χ0n) is 14.0. The molecular formula is C19H18FN3O3. The fourth-order valence-electron chi connectivity index (χ4n) is 3.20. The molecule has 0 bridgehead atoms. The van der Waals surface area contributed by atoms with Gasteiger partial charge in [-0.25, -0.2) is 9.37 Å². The molecule has 3 aromatic rings. The van der Waals surface area contributed by atoms with Crippen LogP contribution < -0.4 is 0 Å². The first kappa shape index (κ1) is 16.7. The normalized spacial score (nSPS) is 16.7. The fourth-order valence-corrected chi connectivity index (χ4v) is 3.20. The topological polar surface area (TPSA) is 78.5 Å². The van der Waals surface area contributed by atoms with Gasteiger partial charge in [-0.15, -0.1) is 0 Å². The number of rotatable bonds is 4. The lowest BCUT2D eigenvalue weighted by atomic mass is 9.97. The van der Waals surface area contributed by atoms with E-state index in [0.717, 1.165) is 11.1 Å². The number of nitrogens with zero attached hydrogens (tertiary/aromatic N) is 2. The molecule has 2 aromatic carbocycles. The van der Waals surface area contributed by atoms with Gasteiger partial charge in [-0.05, 0) is 29.3 Å². The molecule has 1 atom stereocenters. The molecule has 0 aliphatic carbocycles. The van der Waals surface area contributed by atoms with Gasteiger partial charge in [0.15, 0.2) is 0 Å². The van der Waals surface area contributed by atoms with Crippen LogP contribution in [0.15, 0.2) is 42.5 Å². The monoisotopic (exact) mass is 355 g/mol. The van der Waals surface area contributed by atoms with Crippen LogP contribution in [0.1, 0.15) is 23.1 Å². The van der Waals surface area contributed by atoms with Gasteiger partial charge in [-0.2, -0.15) is 0 Å². The van der Waals surface area contributed by atoms with E-state index in [1.165, 1.54) is 12.1 Å². The van der Waals surface area contributed by atoms with E-state index in [-0.39, 0.29) is 31.5 Å². The molecule has 1 amide bonds. The molecule has 7 heteroatoms. The number of aliphatic hydroxyl groups excluding tert-OH is 1. The maximum absolute atomic E-state index is 13.2. The lowest BCUT2D eigenvalue weighted by Gasteiger charge is -2.32. The van der Waals surface area contributed by atoms with Crippen LogP contribution >= 0.6 is 0 Å². The van der Waals surface area contributed by atoms with Crippen LogP contribution in [0.3, 0.4) is 0 Å². The Kier molecular flexibility index (Phi) is 4.40. The standard InChI is InChI=1S/C19H18FN3O3/c20-13-5-6-15-16(7-13)22-18(21-15)10-26-11-19(25)23-8-12-3-1-2-4-14(12)17(24)9-23/h1-7,17,24H,8-11H2,(H,21,22)/t17-/m1/s1. The second-order valence-corrected chi connectivity index (χ2v) is 6.33. The molecule has 2 heterocycles. The molecular weight excluding hydrogens is 337 g/mol. The largest absolute Gasteiger partial charge is 0.387 e. The summed E-state index contributed by atoms with van der Waals surface area (Å²) in [6, 6.07) is 11.8. The van der Waals surface area contributed by atoms with Crippen LogP contribution in [0, 0.1) is 5.82 Å². The number of H-pyrrole nitrogens is 1. The predicted octanol–water partition coefficient (Wildman–Crippen LogP) is 2.29. The lowest BCUT2D eigenvalue weighted by molar-refractivity contribution is -0.139. The van der Waals surface area contributed by atoms with E-state index in [9.17, 15) is 14.3 Å². The van der Waals surface area contributed by atoms with E-state index in [4.69, 9.17) is 4.74 Å². The van der Waals surface area contributed by atoms with E-state index in [1.807, 2.05) is 24.3 Å². The second-order valence-electron chi connectivity index (χ2n) is 6.33. The van der Waals surface area contributed by atoms with Crippen molar-refractivity contribution in [2.45, 2.75) is 19.3 Å². The number of hydrogen-bond donors (Lipinski definition) is 2. The molecule has 1 aromatic heterocycles. The zero-order chi connectivity index (χ0) is 18.1. The molecule has 0 saturated carbocycles. The first-order chi connectivity index (χ1) is 12.6. The van der Waals surface area contributed by atoms with E-state index in [2.05, 4.69) is 9.97 Å². The van der Waals surface area contributed by atoms with Crippen molar-refractivity contribution in [1.82, 2.24) is 14.9 Å². The zero-order valence-corrected chi connectivity index (χ0v) is 14.0. The molecule has 134 valence electrons. The number of hydrogen-bond acceptors (Lipinski definition) is 4. The molecule has 0 fully saturated rings. The molecule has 0 saturated heterocycles. The van der Waals surface area contributed by atoms with Crippen LogP contribution in [0.25, 0.3) is 11.0 Å². The molecule has 0 spiro atoms. The number of aromatic nitrogens is 2. The third-order valence-corrected chi connectivity index (χ3v) is 4.48. The van der Waals surface area contributed by atoms with E-state index in [1.54, 1.807) is 11.0 Å². The Morgan fingerprint density at radius 2 is 2.19 bits per heavy atom. The quantitative estimate of drug-likeness (QED) is 0.753. The van der Waals surface area contributed by atoms with Crippen molar-refractivity contribution in [3.05, 3.63) is 65.2 Å². The second kappa shape index (κ2) is 6.86. The number of halogens is 1. The number of imidazole rings is 1. The Hall–Kier alpha value is -2.77. The van der Waals surface area contributed by atoms with Crippen molar-refractivity contribution in [3.63, 3.8) is 0 Å². The molecule has 2 N–H and O–H groups in total. The van der Waals surface area contributed by atoms with E-state index < -0.39 is 6.10 Å². The number of amides is 1. The highest BCUT2D eigenvalue weighted by Gasteiger charge is 2.26. The molecule has 6 nitrogen and oxygen atoms in total. The number of ether oxygens (including phenoxy) is 1. The highest BCUT2D eigenvalue weighted by Crippen LogP contribution is 2.26. The van der Waals surface area contributed by atoms with Crippen LogP contribution in [0.4, 0.5) is 4.39 Å². The third kappa shape index (κ3) is 3.31. The minimum Gasteiger partial charge on any atom is -0.387 e. The Bertz CT molecular complexity index is 956. The minimum atomic E-state index is -0.686. The number of β-amino-alcohol motifs (C(OH)–C–C–N with tert-alkyl or cyclic N) is 1. The SMILES string of the molecule is O=C(COCc1nc2ccc(F)cc2[nH]1)N1Cc2ccccc2[C@H](O)C1. The van der Waals surface area contributed by atoms with E-state index in [0.29, 0.717) is 23.4 Å². The Morgan fingerprint density at radius 1 is 1.35 bits per heavy atom. The summed E-state index contributed by atoms with van der Waals surface area (Å²) in [5.74, 6) is -0.00383. The number of nitrogens with one attached hydrogen (secondary N) is 1.